The lowest BCUT2D eigenvalue weighted by Gasteiger charge is -2.18. The van der Waals surface area contributed by atoms with Crippen molar-refractivity contribution in [2.75, 3.05) is 18.5 Å². The summed E-state index contributed by atoms with van der Waals surface area (Å²) in [4.78, 5) is 2.04. The van der Waals surface area contributed by atoms with Crippen LogP contribution in [0.2, 0.25) is 0 Å². The third-order valence-corrected chi connectivity index (χ3v) is 2.53. The van der Waals surface area contributed by atoms with Gasteiger partial charge in [0.05, 0.1) is 11.3 Å². The van der Waals surface area contributed by atoms with E-state index in [1.54, 1.807) is 0 Å². The number of nitriles is 1. The van der Waals surface area contributed by atoms with Gasteiger partial charge in [0, 0.05) is 19.5 Å². The molecule has 1 rings (SSSR count). The first kappa shape index (κ1) is 10.9. The van der Waals surface area contributed by atoms with Gasteiger partial charge in [-0.1, -0.05) is 6.07 Å². The summed E-state index contributed by atoms with van der Waals surface area (Å²) in [5.41, 5.74) is 2.63. The van der Waals surface area contributed by atoms with E-state index < -0.39 is 0 Å². The molecule has 2 nitrogen and oxygen atoms in total. The minimum absolute atomic E-state index is 0.449. The molecule has 3 heteroatoms. The summed E-state index contributed by atoms with van der Waals surface area (Å²) in [6.45, 7) is 2.94. The van der Waals surface area contributed by atoms with Crippen LogP contribution < -0.4 is 4.90 Å². The summed E-state index contributed by atoms with van der Waals surface area (Å²) in [5.74, 6) is 0.449. The normalized spacial score (nSPS) is 9.57. The fraction of sp³-hybridized carbons (Fsp3) is 0.364. The summed E-state index contributed by atoms with van der Waals surface area (Å²) in [6, 6.07) is 7.92. The van der Waals surface area contributed by atoms with E-state index in [0.717, 1.165) is 17.8 Å². The molecule has 0 N–H and O–H groups in total. The Morgan fingerprint density at radius 1 is 1.50 bits per heavy atom. The van der Waals surface area contributed by atoms with E-state index in [-0.39, 0.29) is 0 Å². The van der Waals surface area contributed by atoms with Gasteiger partial charge in [-0.25, -0.2) is 0 Å². The Kier molecular flexibility index (Phi) is 3.79. The van der Waals surface area contributed by atoms with Crippen LogP contribution in [0.5, 0.6) is 0 Å². The van der Waals surface area contributed by atoms with E-state index in [4.69, 9.17) is 16.9 Å². The molecule has 0 aliphatic carbocycles. The number of anilines is 1. The van der Waals surface area contributed by atoms with E-state index in [2.05, 4.69) is 13.0 Å². The SMILES string of the molecule is CCN(C)c1ccc(CCl)cc1C#N. The second-order valence-corrected chi connectivity index (χ2v) is 3.38. The van der Waals surface area contributed by atoms with Gasteiger partial charge in [0.2, 0.25) is 0 Å². The highest BCUT2D eigenvalue weighted by Crippen LogP contribution is 2.20. The summed E-state index contributed by atoms with van der Waals surface area (Å²) in [5, 5.41) is 8.96. The van der Waals surface area contributed by atoms with Crippen LogP contribution >= 0.6 is 11.6 Å². The Bertz CT molecular complexity index is 355. The molecule has 14 heavy (non-hydrogen) atoms. The highest BCUT2D eigenvalue weighted by atomic mass is 35.5. The van der Waals surface area contributed by atoms with Gasteiger partial charge in [0.15, 0.2) is 0 Å². The Morgan fingerprint density at radius 3 is 2.71 bits per heavy atom. The topological polar surface area (TPSA) is 27.0 Å². The molecule has 1 aromatic rings. The van der Waals surface area contributed by atoms with Crippen molar-refractivity contribution in [3.05, 3.63) is 29.3 Å². The second kappa shape index (κ2) is 4.88. The zero-order chi connectivity index (χ0) is 10.6. The number of alkyl halides is 1. The molecule has 0 heterocycles. The highest BCUT2D eigenvalue weighted by Gasteiger charge is 2.06. The molecule has 0 saturated heterocycles. The molecular formula is C11H13ClN2. The maximum Gasteiger partial charge on any atom is 0.101 e. The van der Waals surface area contributed by atoms with E-state index in [0.29, 0.717) is 11.4 Å². The molecule has 0 amide bonds. The van der Waals surface area contributed by atoms with Gasteiger partial charge in [-0.3, -0.25) is 0 Å². The zero-order valence-electron chi connectivity index (χ0n) is 8.42. The number of hydrogen-bond donors (Lipinski definition) is 0. The van der Waals surface area contributed by atoms with Crippen molar-refractivity contribution in [1.82, 2.24) is 0 Å². The van der Waals surface area contributed by atoms with Crippen molar-refractivity contribution in [2.24, 2.45) is 0 Å². The summed E-state index contributed by atoms with van der Waals surface area (Å²) in [6.07, 6.45) is 0. The van der Waals surface area contributed by atoms with Crippen molar-refractivity contribution in [2.45, 2.75) is 12.8 Å². The monoisotopic (exact) mass is 208 g/mol. The van der Waals surface area contributed by atoms with Crippen LogP contribution in [-0.4, -0.2) is 13.6 Å². The lowest BCUT2D eigenvalue weighted by molar-refractivity contribution is 0.964. The minimum atomic E-state index is 0.449. The molecule has 74 valence electrons. The number of hydrogen-bond acceptors (Lipinski definition) is 2. The summed E-state index contributed by atoms with van der Waals surface area (Å²) >= 11 is 5.70. The Labute approximate surface area is 89.7 Å². The van der Waals surface area contributed by atoms with Crippen molar-refractivity contribution in [3.63, 3.8) is 0 Å². The average Bonchev–Trinajstić information content (AvgIpc) is 2.27. The predicted octanol–water partition coefficient (Wildman–Crippen LogP) is 2.75. The molecule has 0 aliphatic heterocycles. The highest BCUT2D eigenvalue weighted by molar-refractivity contribution is 6.17. The maximum atomic E-state index is 8.96. The van der Waals surface area contributed by atoms with Gasteiger partial charge in [-0.05, 0) is 24.6 Å². The van der Waals surface area contributed by atoms with Crippen LogP contribution in [0.1, 0.15) is 18.1 Å². The number of nitrogens with zero attached hydrogens (tertiary/aromatic N) is 2. The molecule has 0 spiro atoms. The van der Waals surface area contributed by atoms with Crippen LogP contribution in [0.4, 0.5) is 5.69 Å². The Balaban J connectivity index is 3.13. The number of benzene rings is 1. The maximum absolute atomic E-state index is 8.96. The van der Waals surface area contributed by atoms with E-state index in [9.17, 15) is 0 Å². The fourth-order valence-electron chi connectivity index (χ4n) is 1.26. The van der Waals surface area contributed by atoms with Crippen molar-refractivity contribution in [3.8, 4) is 6.07 Å². The van der Waals surface area contributed by atoms with E-state index >= 15 is 0 Å². The van der Waals surface area contributed by atoms with Crippen LogP contribution in [0.3, 0.4) is 0 Å². The molecule has 1 aromatic carbocycles. The smallest absolute Gasteiger partial charge is 0.101 e. The first-order valence-corrected chi connectivity index (χ1v) is 5.06. The zero-order valence-corrected chi connectivity index (χ0v) is 9.17. The van der Waals surface area contributed by atoms with Crippen molar-refractivity contribution in [1.29, 1.82) is 5.26 Å². The van der Waals surface area contributed by atoms with Crippen LogP contribution in [0.15, 0.2) is 18.2 Å². The van der Waals surface area contributed by atoms with Gasteiger partial charge in [0.1, 0.15) is 6.07 Å². The quantitative estimate of drug-likeness (QED) is 0.715. The van der Waals surface area contributed by atoms with Gasteiger partial charge in [-0.2, -0.15) is 5.26 Å². The van der Waals surface area contributed by atoms with Crippen LogP contribution in [-0.2, 0) is 5.88 Å². The van der Waals surface area contributed by atoms with Gasteiger partial charge >= 0.3 is 0 Å². The average molecular weight is 209 g/mol. The second-order valence-electron chi connectivity index (χ2n) is 3.11. The first-order chi connectivity index (χ1) is 6.72. The van der Waals surface area contributed by atoms with Gasteiger partial charge < -0.3 is 4.90 Å². The third-order valence-electron chi connectivity index (χ3n) is 2.22. The van der Waals surface area contributed by atoms with Crippen molar-refractivity contribution >= 4 is 17.3 Å². The molecule has 0 bridgehead atoms. The summed E-state index contributed by atoms with van der Waals surface area (Å²) in [7, 11) is 1.97. The first-order valence-electron chi connectivity index (χ1n) is 4.53. The van der Waals surface area contributed by atoms with E-state index in [1.165, 1.54) is 0 Å². The Hall–Kier alpha value is -1.20. The lowest BCUT2D eigenvalue weighted by atomic mass is 10.1. The van der Waals surface area contributed by atoms with Crippen molar-refractivity contribution < 1.29 is 0 Å². The molecule has 0 aliphatic rings. The number of rotatable bonds is 3. The van der Waals surface area contributed by atoms with Gasteiger partial charge in [-0.15, -0.1) is 11.6 Å². The van der Waals surface area contributed by atoms with E-state index in [1.807, 2.05) is 30.1 Å². The lowest BCUT2D eigenvalue weighted by Crippen LogP contribution is -2.17. The van der Waals surface area contributed by atoms with Crippen LogP contribution in [0, 0.1) is 11.3 Å². The minimum Gasteiger partial charge on any atom is -0.374 e. The molecular weight excluding hydrogens is 196 g/mol. The van der Waals surface area contributed by atoms with Crippen LogP contribution in [0.25, 0.3) is 0 Å². The largest absolute Gasteiger partial charge is 0.374 e. The standard InChI is InChI=1S/C11H13ClN2/c1-3-14(2)11-5-4-9(7-12)6-10(11)8-13/h4-6H,3,7H2,1-2H3. The Morgan fingerprint density at radius 2 is 2.21 bits per heavy atom. The predicted molar refractivity (Wildman–Crippen MR) is 59.7 cm³/mol. The number of halogens is 1. The molecule has 0 unspecified atom stereocenters. The molecule has 0 saturated carbocycles. The summed E-state index contributed by atoms with van der Waals surface area (Å²) < 4.78 is 0. The molecule has 0 atom stereocenters. The third kappa shape index (κ3) is 2.18. The fourth-order valence-corrected chi connectivity index (χ4v) is 1.43. The molecule has 0 aromatic heterocycles. The molecule has 0 radical (unpaired) electrons. The van der Waals surface area contributed by atoms with Gasteiger partial charge in [0.25, 0.3) is 0 Å². The molecule has 0 fully saturated rings.